The number of nitrogens with one attached hydrogen (secondary N) is 1. The summed E-state index contributed by atoms with van der Waals surface area (Å²) in [5.41, 5.74) is 2.01. The minimum Gasteiger partial charge on any atom is -0.497 e. The van der Waals surface area contributed by atoms with Crippen LogP contribution in [0.3, 0.4) is 0 Å². The molecule has 0 aliphatic heterocycles. The number of benzene rings is 2. The quantitative estimate of drug-likeness (QED) is 0.554. The van der Waals surface area contributed by atoms with Crippen molar-refractivity contribution >= 4 is 10.0 Å². The number of ether oxygens (including phenoxy) is 3. The van der Waals surface area contributed by atoms with Gasteiger partial charge in [0.05, 0.1) is 31.9 Å². The molecule has 0 atom stereocenters. The summed E-state index contributed by atoms with van der Waals surface area (Å²) in [4.78, 5) is 4.56. The molecule has 0 fully saturated rings. The van der Waals surface area contributed by atoms with E-state index in [-0.39, 0.29) is 11.4 Å². The lowest BCUT2D eigenvalue weighted by atomic mass is 10.2. The molecule has 0 aliphatic carbocycles. The molecule has 1 aromatic heterocycles. The van der Waals surface area contributed by atoms with Crippen molar-refractivity contribution in [3.63, 3.8) is 0 Å². The van der Waals surface area contributed by atoms with Crippen LogP contribution >= 0.6 is 0 Å². The van der Waals surface area contributed by atoms with Gasteiger partial charge in [0.1, 0.15) is 12.0 Å². The Kier molecular flexibility index (Phi) is 6.63. The van der Waals surface area contributed by atoms with Gasteiger partial charge in [0.15, 0.2) is 11.5 Å². The molecule has 3 aromatic rings. The van der Waals surface area contributed by atoms with E-state index in [0.29, 0.717) is 35.1 Å². The Bertz CT molecular complexity index is 1110. The smallest absolute Gasteiger partial charge is 0.240 e. The highest BCUT2D eigenvalue weighted by molar-refractivity contribution is 7.89. The number of hydrogen-bond donors (Lipinski definition) is 1. The Balaban J connectivity index is 1.67. The highest BCUT2D eigenvalue weighted by Crippen LogP contribution is 2.32. The molecule has 160 valence electrons. The van der Waals surface area contributed by atoms with Gasteiger partial charge < -0.3 is 18.6 Å². The molecule has 0 unspecified atom stereocenters. The van der Waals surface area contributed by atoms with Crippen LogP contribution in [0.4, 0.5) is 0 Å². The van der Waals surface area contributed by atoms with E-state index in [1.165, 1.54) is 26.5 Å². The van der Waals surface area contributed by atoms with Crippen molar-refractivity contribution in [3.8, 4) is 28.7 Å². The first kappa shape index (κ1) is 21.7. The summed E-state index contributed by atoms with van der Waals surface area (Å²) in [7, 11) is 0.833. The van der Waals surface area contributed by atoms with Crippen LogP contribution in [0.1, 0.15) is 11.3 Å². The number of oxazole rings is 1. The van der Waals surface area contributed by atoms with Gasteiger partial charge in [-0.3, -0.25) is 0 Å². The molecule has 2 aromatic carbocycles. The third-order valence-electron chi connectivity index (χ3n) is 4.53. The number of aromatic nitrogens is 1. The highest BCUT2D eigenvalue weighted by Gasteiger charge is 2.20. The maximum atomic E-state index is 12.7. The predicted molar refractivity (Wildman–Crippen MR) is 112 cm³/mol. The predicted octanol–water partition coefficient (Wildman–Crippen LogP) is 3.20. The molecule has 0 bridgehead atoms. The van der Waals surface area contributed by atoms with Crippen molar-refractivity contribution in [2.75, 3.05) is 27.9 Å². The van der Waals surface area contributed by atoms with E-state index in [1.54, 1.807) is 20.1 Å². The molecular weight excluding hydrogens is 408 g/mol. The van der Waals surface area contributed by atoms with Crippen molar-refractivity contribution in [1.82, 2.24) is 9.71 Å². The second-order valence-corrected chi connectivity index (χ2v) is 8.23. The third kappa shape index (κ3) is 4.74. The summed E-state index contributed by atoms with van der Waals surface area (Å²) in [5.74, 6) is 2.03. The van der Waals surface area contributed by atoms with Crippen LogP contribution in [0.2, 0.25) is 0 Å². The first-order valence-electron chi connectivity index (χ1n) is 9.19. The summed E-state index contributed by atoms with van der Waals surface area (Å²) in [6.07, 6.45) is 1.90. The summed E-state index contributed by atoms with van der Waals surface area (Å²) in [6.45, 7) is 1.87. The zero-order chi connectivity index (χ0) is 21.7. The summed E-state index contributed by atoms with van der Waals surface area (Å²) in [5, 5.41) is 0. The largest absolute Gasteiger partial charge is 0.497 e. The van der Waals surface area contributed by atoms with E-state index in [9.17, 15) is 8.42 Å². The number of hydrogen-bond acceptors (Lipinski definition) is 7. The summed E-state index contributed by atoms with van der Waals surface area (Å²) < 4.78 is 49.1. The fourth-order valence-corrected chi connectivity index (χ4v) is 4.20. The molecule has 0 saturated heterocycles. The van der Waals surface area contributed by atoms with Gasteiger partial charge in [0.25, 0.3) is 0 Å². The Morgan fingerprint density at radius 1 is 1.00 bits per heavy atom. The lowest BCUT2D eigenvalue weighted by Crippen LogP contribution is -2.26. The maximum Gasteiger partial charge on any atom is 0.240 e. The molecule has 0 radical (unpaired) electrons. The standard InChI is InChI=1S/C21H24N2O6S/c1-14-11-18(27-3)19(28-4)12-20(14)30(24,25)22-10-9-16-13-29-21(23-16)15-5-7-17(26-2)8-6-15/h5-8,11-13,22H,9-10H2,1-4H3. The Morgan fingerprint density at radius 3 is 2.30 bits per heavy atom. The van der Waals surface area contributed by atoms with E-state index in [1.807, 2.05) is 24.3 Å². The molecule has 1 N–H and O–H groups in total. The lowest BCUT2D eigenvalue weighted by Gasteiger charge is -2.13. The van der Waals surface area contributed by atoms with Gasteiger partial charge in [-0.25, -0.2) is 18.1 Å². The van der Waals surface area contributed by atoms with Crippen LogP contribution in [0.15, 0.2) is 52.0 Å². The van der Waals surface area contributed by atoms with E-state index < -0.39 is 10.0 Å². The Morgan fingerprint density at radius 2 is 1.67 bits per heavy atom. The molecule has 0 amide bonds. The molecule has 3 rings (SSSR count). The average molecular weight is 432 g/mol. The Hall–Kier alpha value is -3.04. The molecule has 8 nitrogen and oxygen atoms in total. The Labute approximate surface area is 175 Å². The first-order chi connectivity index (χ1) is 14.4. The van der Waals surface area contributed by atoms with Gasteiger partial charge in [0.2, 0.25) is 15.9 Å². The van der Waals surface area contributed by atoms with Crippen LogP contribution in [-0.2, 0) is 16.4 Å². The molecule has 0 saturated carbocycles. The molecule has 0 spiro atoms. The SMILES string of the molecule is COc1ccc(-c2nc(CCNS(=O)(=O)c3cc(OC)c(OC)cc3C)co2)cc1. The summed E-state index contributed by atoms with van der Waals surface area (Å²) in [6, 6.07) is 10.4. The van der Waals surface area contributed by atoms with E-state index in [4.69, 9.17) is 18.6 Å². The monoisotopic (exact) mass is 432 g/mol. The minimum absolute atomic E-state index is 0.138. The molecule has 30 heavy (non-hydrogen) atoms. The van der Waals surface area contributed by atoms with Crippen LogP contribution in [0.25, 0.3) is 11.5 Å². The second-order valence-electron chi connectivity index (χ2n) is 6.49. The first-order valence-corrected chi connectivity index (χ1v) is 10.7. The topological polar surface area (TPSA) is 99.9 Å². The lowest BCUT2D eigenvalue weighted by molar-refractivity contribution is 0.353. The van der Waals surface area contributed by atoms with Crippen molar-refractivity contribution in [1.29, 1.82) is 0 Å². The van der Waals surface area contributed by atoms with Gasteiger partial charge in [0, 0.05) is 24.6 Å². The fourth-order valence-electron chi connectivity index (χ4n) is 2.93. The zero-order valence-corrected chi connectivity index (χ0v) is 18.1. The van der Waals surface area contributed by atoms with Crippen molar-refractivity contribution in [2.45, 2.75) is 18.2 Å². The van der Waals surface area contributed by atoms with Gasteiger partial charge >= 0.3 is 0 Å². The van der Waals surface area contributed by atoms with E-state index >= 15 is 0 Å². The number of sulfonamides is 1. The average Bonchev–Trinajstić information content (AvgIpc) is 3.22. The molecular formula is C21H24N2O6S. The van der Waals surface area contributed by atoms with Gasteiger partial charge in [-0.1, -0.05) is 0 Å². The maximum absolute atomic E-state index is 12.7. The van der Waals surface area contributed by atoms with E-state index in [2.05, 4.69) is 9.71 Å². The molecule has 9 heteroatoms. The zero-order valence-electron chi connectivity index (χ0n) is 17.3. The normalized spacial score (nSPS) is 11.3. The number of rotatable bonds is 9. The third-order valence-corrected chi connectivity index (χ3v) is 6.14. The minimum atomic E-state index is -3.73. The van der Waals surface area contributed by atoms with Gasteiger partial charge in [-0.2, -0.15) is 0 Å². The summed E-state index contributed by atoms with van der Waals surface area (Å²) >= 11 is 0. The molecule has 1 heterocycles. The van der Waals surface area contributed by atoms with Crippen LogP contribution in [0.5, 0.6) is 17.2 Å². The van der Waals surface area contributed by atoms with Gasteiger partial charge in [-0.15, -0.1) is 0 Å². The van der Waals surface area contributed by atoms with E-state index in [0.717, 1.165) is 11.3 Å². The van der Waals surface area contributed by atoms with Crippen molar-refractivity contribution in [3.05, 3.63) is 53.9 Å². The number of nitrogens with zero attached hydrogens (tertiary/aromatic N) is 1. The van der Waals surface area contributed by atoms with Crippen LogP contribution < -0.4 is 18.9 Å². The molecule has 0 aliphatic rings. The number of aryl methyl sites for hydroxylation is 1. The van der Waals surface area contributed by atoms with Gasteiger partial charge in [-0.05, 0) is 42.8 Å². The number of methoxy groups -OCH3 is 3. The fraction of sp³-hybridized carbons (Fsp3) is 0.286. The highest BCUT2D eigenvalue weighted by atomic mass is 32.2. The van der Waals surface area contributed by atoms with Crippen LogP contribution in [0, 0.1) is 6.92 Å². The van der Waals surface area contributed by atoms with Crippen molar-refractivity contribution in [2.24, 2.45) is 0 Å². The second kappa shape index (κ2) is 9.19. The van der Waals surface area contributed by atoms with Crippen molar-refractivity contribution < 1.29 is 27.0 Å². The van der Waals surface area contributed by atoms with Crippen LogP contribution in [-0.4, -0.2) is 41.3 Å².